The molecule has 0 saturated heterocycles. The first-order valence-electron chi connectivity index (χ1n) is 37.9. The lowest BCUT2D eigenvalue weighted by Crippen LogP contribution is -2.28. The summed E-state index contributed by atoms with van der Waals surface area (Å²) in [5.41, 5.74) is 13.8. The number of allylic oxidation sites excluding steroid dienone is 15. The second-order valence-corrected chi connectivity index (χ2v) is 43.0. The molecule has 4 aliphatic heterocycles. The Balaban J connectivity index is 0.000000283. The number of halogens is 1. The number of aliphatic carboxylic acids is 2. The Bertz CT molecular complexity index is 5910. The van der Waals surface area contributed by atoms with E-state index in [1.807, 2.05) is 135 Å². The standard InChI is InChI=1S/C39H49N3O14S4.C36H43ClN2O12S4.C3H7NO2/c1-38(2)30-24-28(59(51,52)53)12-14-32(30)41(20-6-22-57(45,46)47)34(38)16-10-26-8-5-9-27(37(26)40-19-18-36(43)44)11-17-35-39(3,4)31-25-29(60(54,55)56)13-15-33(31)42(35)21-7-23-58(48,49)50;1-35(2)28-22-26(52-51-50-40)12-14-30(28)38(18-6-20-53(41,42)43)32(35)16-10-24-8-5-9-25(34(24)37)11-17-33-36(3,4)29-23-27(55(47,48)49)13-15-31(29)39(33)19-7-21-54(44,45)46;4-2-1-3(5)6/h10-17,24-25H,5-9,18-23H2,1-4H3,(H5,43,44,45,46,47,48,49,50,51,52,53,54,55,56);10-17,22-23H,5-9,18-21H2,1-4H3,(H3-,40,41,42,43,44,45,46,47,48,49);1-2,4H2,(H,5,6)/p+1/b26-10+,34-16-;;. The van der Waals surface area contributed by atoms with Crippen LogP contribution < -0.4 is 20.9 Å². The molecule has 121 heavy (non-hydrogen) atoms. The molecule has 0 spiro atoms. The van der Waals surface area contributed by atoms with Crippen LogP contribution in [-0.2, 0) is 111 Å². The maximum atomic E-state index is 12.1. The van der Waals surface area contributed by atoms with Crippen molar-refractivity contribution < 1.29 is 134 Å². The molecule has 0 aromatic heterocycles. The van der Waals surface area contributed by atoms with Crippen LogP contribution in [0.3, 0.4) is 0 Å². The van der Waals surface area contributed by atoms with Gasteiger partial charge in [0.05, 0.1) is 73.4 Å². The van der Waals surface area contributed by atoms with Crippen LogP contribution >= 0.6 is 23.6 Å². The Labute approximate surface area is 714 Å². The molecular formula is C78H100ClN6O28S8+. The minimum Gasteiger partial charge on any atom is -0.744 e. The molecule has 0 saturated carbocycles. The van der Waals surface area contributed by atoms with Crippen molar-refractivity contribution in [1.82, 2.24) is 5.32 Å². The van der Waals surface area contributed by atoms with Gasteiger partial charge in [0.1, 0.15) is 23.2 Å². The van der Waals surface area contributed by atoms with Gasteiger partial charge < -0.3 is 35.6 Å². The van der Waals surface area contributed by atoms with Crippen LogP contribution in [0.1, 0.15) is 155 Å². The van der Waals surface area contributed by atoms with E-state index >= 15 is 0 Å². The molecule has 0 amide bonds. The van der Waals surface area contributed by atoms with Crippen LogP contribution in [0.25, 0.3) is 0 Å². The SMILES string of the molecule is CC1(C)C(/C=C/C2=C(Cl)C(=C/C=C3\N(CCCS(=O)(=O)O)c4ccc(S(=O)(=O)O)cc4C3(C)C)/CCC2)=[N+](CCCS(=O)(=O)O)c2ccc(SOOO)cc21.CC1(C)C(/C=C/C2=C(NCCC(=O)O)C(=C/C=C3\N(CCCS(=O)(=O)O)c4ccc(S(=O)(=O)O)cc4C3(C)C)/CCC2)=[N+](CCCS(=O)(=O)O)c2ccc(S(=O)(=O)[O-])cc21.NCCC(=O)O. The molecule has 6 aliphatic rings. The molecule has 43 heteroatoms. The predicted molar refractivity (Wildman–Crippen MR) is 454 cm³/mol. The van der Waals surface area contributed by atoms with Crippen LogP contribution in [0.5, 0.6) is 0 Å². The maximum absolute atomic E-state index is 12.1. The highest BCUT2D eigenvalue weighted by atomic mass is 35.5. The van der Waals surface area contributed by atoms with Crippen molar-refractivity contribution in [2.75, 3.05) is 72.1 Å². The van der Waals surface area contributed by atoms with E-state index in [1.54, 1.807) is 12.1 Å². The second-order valence-electron chi connectivity index (χ2n) is 31.4. The van der Waals surface area contributed by atoms with Crippen LogP contribution in [-0.4, -0.2) is 201 Å². The molecule has 0 atom stereocenters. The van der Waals surface area contributed by atoms with Gasteiger partial charge in [-0.3, -0.25) is 36.9 Å². The van der Waals surface area contributed by atoms with Gasteiger partial charge in [-0.25, -0.2) is 13.7 Å². The topological polar surface area (TPSA) is 547 Å². The third kappa shape index (κ3) is 25.6. The summed E-state index contributed by atoms with van der Waals surface area (Å²) < 4.78 is 242. The minimum absolute atomic E-state index is 0.0176. The Kier molecular flexibility index (Phi) is 32.0. The summed E-state index contributed by atoms with van der Waals surface area (Å²) >= 11 is 7.91. The predicted octanol–water partition coefficient (Wildman–Crippen LogP) is 11.0. The van der Waals surface area contributed by atoms with Crippen molar-refractivity contribution in [3.8, 4) is 0 Å². The average molecular weight is 1860 g/mol. The third-order valence-electron chi connectivity index (χ3n) is 21.4. The van der Waals surface area contributed by atoms with Crippen molar-refractivity contribution in [3.63, 3.8) is 0 Å². The molecule has 2 aliphatic carbocycles. The molecule has 0 unspecified atom stereocenters. The smallest absolute Gasteiger partial charge is 0.305 e. The zero-order valence-electron chi connectivity index (χ0n) is 67.4. The largest absolute Gasteiger partial charge is 0.744 e. The number of fused-ring (bicyclic) bond motifs is 4. The number of benzene rings is 4. The lowest BCUT2D eigenvalue weighted by atomic mass is 9.81. The molecule has 0 radical (unpaired) electrons. The number of anilines is 2. The van der Waals surface area contributed by atoms with Gasteiger partial charge in [0.15, 0.2) is 11.4 Å². The summed E-state index contributed by atoms with van der Waals surface area (Å²) in [6.07, 6.45) is 19.1. The molecule has 34 nitrogen and oxygen atoms in total. The van der Waals surface area contributed by atoms with Gasteiger partial charge in [0, 0.05) is 124 Å². The van der Waals surface area contributed by atoms with Gasteiger partial charge in [0.2, 0.25) is 11.4 Å². The summed E-state index contributed by atoms with van der Waals surface area (Å²) in [7, 11) is -30.8. The molecule has 4 aromatic rings. The van der Waals surface area contributed by atoms with E-state index in [4.69, 9.17) is 27.7 Å². The van der Waals surface area contributed by atoms with E-state index in [0.29, 0.717) is 99.4 Å². The molecule has 4 heterocycles. The Morgan fingerprint density at radius 2 is 0.926 bits per heavy atom. The van der Waals surface area contributed by atoms with Crippen molar-refractivity contribution in [2.45, 2.75) is 174 Å². The van der Waals surface area contributed by atoms with E-state index < -0.39 is 132 Å². The Morgan fingerprint density at radius 3 is 1.35 bits per heavy atom. The van der Waals surface area contributed by atoms with Gasteiger partial charge in [-0.1, -0.05) is 68.6 Å². The average Bonchev–Trinajstić information content (AvgIpc) is 1.60. The highest BCUT2D eigenvalue weighted by molar-refractivity contribution is 7.94. The Hall–Kier alpha value is -7.67. The molecule has 4 aromatic carbocycles. The first-order valence-corrected chi connectivity index (χ1v) is 49.8. The van der Waals surface area contributed by atoms with Gasteiger partial charge >= 0.3 is 11.9 Å². The van der Waals surface area contributed by atoms with E-state index in [1.165, 1.54) is 48.5 Å². The van der Waals surface area contributed by atoms with Crippen LogP contribution in [0.2, 0.25) is 0 Å². The number of nitrogens with two attached hydrogens (primary N) is 1. The van der Waals surface area contributed by atoms with Crippen LogP contribution in [0.15, 0.2) is 185 Å². The zero-order chi connectivity index (χ0) is 90.2. The van der Waals surface area contributed by atoms with E-state index in [0.717, 1.165) is 63.4 Å². The van der Waals surface area contributed by atoms with E-state index in [-0.39, 0.29) is 81.0 Å². The fourth-order valence-electron chi connectivity index (χ4n) is 15.6. The number of nitrogens with zero attached hydrogens (tertiary/aromatic N) is 4. The zero-order valence-corrected chi connectivity index (χ0v) is 74.7. The number of carboxylic acid groups (broad SMARTS) is 2. The van der Waals surface area contributed by atoms with E-state index in [2.05, 4.69) is 14.7 Å². The number of carboxylic acids is 2. The molecular weight excluding hydrogens is 1760 g/mol. The summed E-state index contributed by atoms with van der Waals surface area (Å²) in [4.78, 5) is 24.5. The van der Waals surface area contributed by atoms with Crippen molar-refractivity contribution in [2.24, 2.45) is 5.73 Å². The first kappa shape index (κ1) is 98.8. The lowest BCUT2D eigenvalue weighted by Gasteiger charge is -2.27. The van der Waals surface area contributed by atoms with E-state index in [9.17, 15) is 105 Å². The quantitative estimate of drug-likeness (QED) is 0.00680. The van der Waals surface area contributed by atoms with Gasteiger partial charge in [-0.2, -0.15) is 59.7 Å². The monoisotopic (exact) mass is 1860 g/mol. The normalized spacial score (nSPS) is 19.1. The first-order chi connectivity index (χ1) is 55.9. The van der Waals surface area contributed by atoms with Gasteiger partial charge in [-0.15, -0.1) is 4.33 Å². The summed E-state index contributed by atoms with van der Waals surface area (Å²) in [5.74, 6) is -3.79. The number of carbonyl (C=O) groups is 2. The number of nitrogens with one attached hydrogen (secondary N) is 1. The molecule has 10 rings (SSSR count). The number of rotatable bonds is 34. The third-order valence-corrected chi connectivity index (χ3v) is 28.2. The highest BCUT2D eigenvalue weighted by Gasteiger charge is 2.48. The van der Waals surface area contributed by atoms with Gasteiger partial charge in [-0.05, 0) is 185 Å². The van der Waals surface area contributed by atoms with Crippen LogP contribution in [0.4, 0.5) is 22.7 Å². The fraction of sp³-hybridized carbons (Fsp3) is 0.436. The summed E-state index contributed by atoms with van der Waals surface area (Å²) in [6, 6.07) is 17.9. The molecule has 664 valence electrons. The Morgan fingerprint density at radius 1 is 0.521 bits per heavy atom. The van der Waals surface area contributed by atoms with Crippen molar-refractivity contribution in [3.05, 3.63) is 188 Å². The number of hydrogen-bond acceptors (Lipinski definition) is 25. The molecule has 12 N–H and O–H groups in total. The lowest BCUT2D eigenvalue weighted by molar-refractivity contribution is -0.437. The summed E-state index contributed by atoms with van der Waals surface area (Å²) in [5, 5.41) is 33.5. The molecule has 0 fully saturated rings. The second kappa shape index (κ2) is 39.3. The van der Waals surface area contributed by atoms with Gasteiger partial charge in [0.25, 0.3) is 60.7 Å². The highest BCUT2D eigenvalue weighted by Crippen LogP contribution is 2.52. The maximum Gasteiger partial charge on any atom is 0.305 e. The van der Waals surface area contributed by atoms with Crippen molar-refractivity contribution >= 4 is 141 Å². The number of hydrogen-bond donors (Lipinski definition) is 11. The fourth-order valence-corrected chi connectivity index (χ4v) is 19.8. The minimum atomic E-state index is -4.81. The van der Waals surface area contributed by atoms with Crippen LogP contribution in [0, 0.1) is 0 Å². The van der Waals surface area contributed by atoms with Crippen molar-refractivity contribution in [1.29, 1.82) is 0 Å². The summed E-state index contributed by atoms with van der Waals surface area (Å²) in [6.45, 7) is 16.3. The molecule has 0 bridgehead atoms.